The van der Waals surface area contributed by atoms with Crippen LogP contribution in [0.1, 0.15) is 32.3 Å². The molecule has 1 nitrogen and oxygen atoms in total. The molecule has 0 saturated heterocycles. The Kier molecular flexibility index (Phi) is 5.99. The number of hydrogen-bond donors (Lipinski definition) is 1. The van der Waals surface area contributed by atoms with Crippen LogP contribution >= 0.6 is 15.9 Å². The van der Waals surface area contributed by atoms with Gasteiger partial charge in [-0.2, -0.15) is 0 Å². The highest BCUT2D eigenvalue weighted by molar-refractivity contribution is 9.10. The quantitative estimate of drug-likeness (QED) is 0.783. The molecule has 0 unspecified atom stereocenters. The molecule has 90 valence electrons. The number of hydrogen-bond acceptors (Lipinski definition) is 1. The van der Waals surface area contributed by atoms with Gasteiger partial charge >= 0.3 is 0 Å². The third-order valence-electron chi connectivity index (χ3n) is 2.43. The summed E-state index contributed by atoms with van der Waals surface area (Å²) in [7, 11) is 0. The molecule has 0 heterocycles. The Balaban J connectivity index is 2.29. The lowest BCUT2D eigenvalue weighted by atomic mass is 10.1. The molecule has 0 amide bonds. The summed E-state index contributed by atoms with van der Waals surface area (Å²) in [6.45, 7) is 5.27. The fourth-order valence-electron chi connectivity index (χ4n) is 1.57. The Morgan fingerprint density at radius 3 is 2.75 bits per heavy atom. The Morgan fingerprint density at radius 1 is 1.31 bits per heavy atom. The first kappa shape index (κ1) is 13.7. The number of aryl methyl sites for hydroxylation is 1. The van der Waals surface area contributed by atoms with E-state index in [0.29, 0.717) is 6.04 Å². The third-order valence-corrected chi connectivity index (χ3v) is 2.93. The van der Waals surface area contributed by atoms with E-state index in [2.05, 4.69) is 35.1 Å². The maximum Gasteiger partial charge on any atom is 0.126 e. The fourth-order valence-corrected chi connectivity index (χ4v) is 1.97. The zero-order chi connectivity index (χ0) is 12.0. The van der Waals surface area contributed by atoms with Gasteiger partial charge < -0.3 is 5.32 Å². The molecule has 1 N–H and O–H groups in total. The average molecular weight is 288 g/mol. The minimum atomic E-state index is -0.0972. The van der Waals surface area contributed by atoms with Crippen LogP contribution in [0.2, 0.25) is 0 Å². The summed E-state index contributed by atoms with van der Waals surface area (Å²) in [5, 5.41) is 3.35. The maximum absolute atomic E-state index is 13.4. The van der Waals surface area contributed by atoms with Crippen molar-refractivity contribution in [3.8, 4) is 0 Å². The highest BCUT2D eigenvalue weighted by Gasteiger charge is 2.02. The van der Waals surface area contributed by atoms with Crippen LogP contribution in [0.25, 0.3) is 0 Å². The van der Waals surface area contributed by atoms with Crippen LogP contribution in [-0.2, 0) is 6.42 Å². The smallest absolute Gasteiger partial charge is 0.126 e. The van der Waals surface area contributed by atoms with E-state index in [4.69, 9.17) is 0 Å². The first-order valence-electron chi connectivity index (χ1n) is 5.77. The summed E-state index contributed by atoms with van der Waals surface area (Å²) in [5.41, 5.74) is 0.805. The number of nitrogens with one attached hydrogen (secondary N) is 1. The number of halogens is 2. The van der Waals surface area contributed by atoms with Gasteiger partial charge in [0.1, 0.15) is 5.82 Å². The Morgan fingerprint density at radius 2 is 2.06 bits per heavy atom. The van der Waals surface area contributed by atoms with Crippen molar-refractivity contribution in [2.24, 2.45) is 0 Å². The van der Waals surface area contributed by atoms with Crippen molar-refractivity contribution in [2.45, 2.75) is 39.2 Å². The van der Waals surface area contributed by atoms with E-state index in [1.807, 2.05) is 6.07 Å². The van der Waals surface area contributed by atoms with Crippen molar-refractivity contribution in [2.75, 3.05) is 6.54 Å². The first-order chi connectivity index (χ1) is 7.59. The molecule has 1 aromatic carbocycles. The highest BCUT2D eigenvalue weighted by atomic mass is 79.9. The zero-order valence-electron chi connectivity index (χ0n) is 9.89. The highest BCUT2D eigenvalue weighted by Crippen LogP contribution is 2.17. The van der Waals surface area contributed by atoms with Crippen molar-refractivity contribution >= 4 is 15.9 Å². The molecule has 0 aromatic heterocycles. The fraction of sp³-hybridized carbons (Fsp3) is 0.538. The Hall–Kier alpha value is -0.410. The van der Waals surface area contributed by atoms with E-state index >= 15 is 0 Å². The molecule has 0 spiro atoms. The van der Waals surface area contributed by atoms with E-state index in [9.17, 15) is 4.39 Å². The molecule has 0 bridgehead atoms. The van der Waals surface area contributed by atoms with Gasteiger partial charge in [0, 0.05) is 10.5 Å². The third kappa shape index (κ3) is 5.08. The van der Waals surface area contributed by atoms with Crippen LogP contribution in [0, 0.1) is 5.82 Å². The summed E-state index contributed by atoms with van der Waals surface area (Å²) >= 11 is 3.36. The van der Waals surface area contributed by atoms with Crippen molar-refractivity contribution in [1.29, 1.82) is 0 Å². The van der Waals surface area contributed by atoms with E-state index < -0.39 is 0 Å². The lowest BCUT2D eigenvalue weighted by molar-refractivity contribution is 0.550. The molecule has 0 aliphatic heterocycles. The molecule has 3 heteroatoms. The second kappa shape index (κ2) is 7.02. The molecule has 0 radical (unpaired) electrons. The molecular formula is C13H19BrFN. The zero-order valence-corrected chi connectivity index (χ0v) is 11.5. The summed E-state index contributed by atoms with van der Waals surface area (Å²) in [6, 6.07) is 5.65. The first-order valence-corrected chi connectivity index (χ1v) is 6.56. The van der Waals surface area contributed by atoms with Gasteiger partial charge in [-0.15, -0.1) is 0 Å². The number of benzene rings is 1. The summed E-state index contributed by atoms with van der Waals surface area (Å²) < 4.78 is 14.3. The number of rotatable bonds is 6. The van der Waals surface area contributed by atoms with Crippen LogP contribution < -0.4 is 5.32 Å². The number of unbranched alkanes of at least 4 members (excludes halogenated alkanes) is 1. The van der Waals surface area contributed by atoms with Crippen LogP contribution in [0.15, 0.2) is 22.7 Å². The minimum absolute atomic E-state index is 0.0972. The molecule has 0 saturated carbocycles. The largest absolute Gasteiger partial charge is 0.315 e. The minimum Gasteiger partial charge on any atom is -0.315 e. The molecule has 0 fully saturated rings. The lowest BCUT2D eigenvalue weighted by Gasteiger charge is -2.08. The summed E-state index contributed by atoms with van der Waals surface area (Å²) in [5.74, 6) is -0.0972. The van der Waals surface area contributed by atoms with Gasteiger partial charge in [-0.25, -0.2) is 4.39 Å². The standard InChI is InChI=1S/C13H19BrFN/c1-10(2)16-8-4-3-5-11-9-12(14)6-7-13(11)15/h6-7,9-10,16H,3-5,8H2,1-2H3. The average Bonchev–Trinajstić information content (AvgIpc) is 2.22. The lowest BCUT2D eigenvalue weighted by Crippen LogP contribution is -2.23. The molecule has 16 heavy (non-hydrogen) atoms. The predicted octanol–water partition coefficient (Wildman–Crippen LogP) is 3.91. The topological polar surface area (TPSA) is 12.0 Å². The van der Waals surface area contributed by atoms with Crippen LogP contribution in [0.4, 0.5) is 4.39 Å². The summed E-state index contributed by atoms with van der Waals surface area (Å²) in [6.07, 6.45) is 2.92. The van der Waals surface area contributed by atoms with Crippen LogP contribution in [0.5, 0.6) is 0 Å². The van der Waals surface area contributed by atoms with Crippen LogP contribution in [-0.4, -0.2) is 12.6 Å². The van der Waals surface area contributed by atoms with Crippen molar-refractivity contribution < 1.29 is 4.39 Å². The van der Waals surface area contributed by atoms with Crippen molar-refractivity contribution in [1.82, 2.24) is 5.32 Å². The van der Waals surface area contributed by atoms with Gasteiger partial charge in [0.2, 0.25) is 0 Å². The van der Waals surface area contributed by atoms with E-state index in [1.54, 1.807) is 6.07 Å². The molecule has 1 aromatic rings. The summed E-state index contributed by atoms with van der Waals surface area (Å²) in [4.78, 5) is 0. The normalized spacial score (nSPS) is 11.1. The molecule has 0 atom stereocenters. The molecule has 0 aliphatic rings. The van der Waals surface area contributed by atoms with E-state index in [-0.39, 0.29) is 5.82 Å². The molecule has 1 rings (SSSR count). The van der Waals surface area contributed by atoms with Gasteiger partial charge in [-0.1, -0.05) is 29.8 Å². The van der Waals surface area contributed by atoms with Gasteiger partial charge in [-0.05, 0) is 49.6 Å². The molecule has 0 aliphatic carbocycles. The van der Waals surface area contributed by atoms with Gasteiger partial charge in [-0.3, -0.25) is 0 Å². The van der Waals surface area contributed by atoms with E-state index in [0.717, 1.165) is 35.8 Å². The predicted molar refractivity (Wildman–Crippen MR) is 70.2 cm³/mol. The molecular weight excluding hydrogens is 269 g/mol. The van der Waals surface area contributed by atoms with Gasteiger partial charge in [0.25, 0.3) is 0 Å². The Labute approximate surface area is 106 Å². The SMILES string of the molecule is CC(C)NCCCCc1cc(Br)ccc1F. The van der Waals surface area contributed by atoms with Gasteiger partial charge in [0.15, 0.2) is 0 Å². The van der Waals surface area contributed by atoms with Crippen molar-refractivity contribution in [3.63, 3.8) is 0 Å². The van der Waals surface area contributed by atoms with E-state index in [1.165, 1.54) is 6.07 Å². The van der Waals surface area contributed by atoms with Crippen LogP contribution in [0.3, 0.4) is 0 Å². The Bertz CT molecular complexity index is 326. The van der Waals surface area contributed by atoms with Gasteiger partial charge in [0.05, 0.1) is 0 Å². The van der Waals surface area contributed by atoms with Crippen molar-refractivity contribution in [3.05, 3.63) is 34.1 Å². The second-order valence-electron chi connectivity index (χ2n) is 4.30. The second-order valence-corrected chi connectivity index (χ2v) is 5.22. The monoisotopic (exact) mass is 287 g/mol. The maximum atomic E-state index is 13.4.